The van der Waals surface area contributed by atoms with Crippen LogP contribution in [0.25, 0.3) is 0 Å². The predicted octanol–water partition coefficient (Wildman–Crippen LogP) is 1.50. The molecule has 0 amide bonds. The van der Waals surface area contributed by atoms with Gasteiger partial charge >= 0.3 is 7.69 Å². The zero-order valence-electron chi connectivity index (χ0n) is 15.6. The van der Waals surface area contributed by atoms with E-state index in [1.165, 1.54) is 19.1 Å². The van der Waals surface area contributed by atoms with Gasteiger partial charge in [0, 0.05) is 63.7 Å². The third-order valence-electron chi connectivity index (χ3n) is 5.01. The van der Waals surface area contributed by atoms with Crippen LogP contribution in [-0.2, 0) is 0 Å². The Morgan fingerprint density at radius 1 is 0.593 bits per heavy atom. The van der Waals surface area contributed by atoms with E-state index >= 15 is 0 Å². The van der Waals surface area contributed by atoms with E-state index in [2.05, 4.69) is 44.7 Å². The van der Waals surface area contributed by atoms with Gasteiger partial charge in [-0.2, -0.15) is 0 Å². The second-order valence-electron chi connectivity index (χ2n) is 6.79. The summed E-state index contributed by atoms with van der Waals surface area (Å²) < 4.78 is 11.2. The van der Waals surface area contributed by atoms with Crippen LogP contribution in [0.5, 0.6) is 11.5 Å². The Bertz CT molecular complexity index is 637. The highest BCUT2D eigenvalue weighted by molar-refractivity contribution is 6.20. The summed E-state index contributed by atoms with van der Waals surface area (Å²) in [5, 5.41) is 6.74. The first kappa shape index (κ1) is 18.0. The molecular formula is C20H26BN4O2. The Morgan fingerprint density at radius 2 is 0.963 bits per heavy atom. The lowest BCUT2D eigenvalue weighted by Crippen LogP contribution is -2.43. The standard InChI is InChI=1S/C20H26BN4O2/c1-5-19(6-2-17(1)24-13-9-22-10-14-24)26-21-27-20-7-3-18(4-8-20)25-15-11-23-12-16-25/h1-8,22-23H,9-16H2. The smallest absolute Gasteiger partial charge is 0.526 e. The Labute approximate surface area is 161 Å². The van der Waals surface area contributed by atoms with Crippen LogP contribution in [0, 0.1) is 0 Å². The first-order valence-corrected chi connectivity index (χ1v) is 9.65. The lowest BCUT2D eigenvalue weighted by Gasteiger charge is -2.29. The highest BCUT2D eigenvalue weighted by atomic mass is 16.6. The van der Waals surface area contributed by atoms with E-state index in [0.717, 1.165) is 63.9 Å². The van der Waals surface area contributed by atoms with Crippen molar-refractivity contribution in [2.75, 3.05) is 62.2 Å². The van der Waals surface area contributed by atoms with E-state index in [0.29, 0.717) is 0 Å². The van der Waals surface area contributed by atoms with Gasteiger partial charge in [-0.05, 0) is 48.5 Å². The number of hydrogen-bond donors (Lipinski definition) is 2. The lowest BCUT2D eigenvalue weighted by atomic mass is 10.2. The van der Waals surface area contributed by atoms with Gasteiger partial charge in [-0.3, -0.25) is 0 Å². The molecule has 0 aliphatic carbocycles. The maximum absolute atomic E-state index is 5.60. The van der Waals surface area contributed by atoms with E-state index < -0.39 is 0 Å². The topological polar surface area (TPSA) is 49.0 Å². The molecule has 4 rings (SSSR count). The molecule has 1 radical (unpaired) electrons. The van der Waals surface area contributed by atoms with Gasteiger partial charge in [0.1, 0.15) is 11.5 Å². The molecule has 0 bridgehead atoms. The largest absolute Gasteiger partial charge is 0.658 e. The highest BCUT2D eigenvalue weighted by Crippen LogP contribution is 2.21. The van der Waals surface area contributed by atoms with Crippen LogP contribution >= 0.6 is 0 Å². The van der Waals surface area contributed by atoms with Gasteiger partial charge in [-0.25, -0.2) is 0 Å². The summed E-state index contributed by atoms with van der Waals surface area (Å²) in [5.74, 6) is 1.54. The minimum Gasteiger partial charge on any atom is -0.526 e. The lowest BCUT2D eigenvalue weighted by molar-refractivity contribution is 0.459. The Balaban J connectivity index is 1.24. The SMILES string of the molecule is [B](Oc1ccc(N2CCNCC2)cc1)Oc1ccc(N2CCNCC2)cc1. The molecule has 2 fully saturated rings. The van der Waals surface area contributed by atoms with Crippen LogP contribution in [0.4, 0.5) is 11.4 Å². The fraction of sp³-hybridized carbons (Fsp3) is 0.400. The molecule has 2 aliphatic heterocycles. The van der Waals surface area contributed by atoms with Gasteiger partial charge in [0.15, 0.2) is 0 Å². The molecule has 2 aromatic carbocycles. The average Bonchev–Trinajstić information content (AvgIpc) is 2.76. The third-order valence-corrected chi connectivity index (χ3v) is 5.01. The fourth-order valence-corrected chi connectivity index (χ4v) is 3.45. The number of nitrogens with one attached hydrogen (secondary N) is 2. The maximum atomic E-state index is 5.60. The van der Waals surface area contributed by atoms with Crippen molar-refractivity contribution in [2.24, 2.45) is 0 Å². The minimum atomic E-state index is 0.770. The van der Waals surface area contributed by atoms with Gasteiger partial charge in [0.05, 0.1) is 0 Å². The monoisotopic (exact) mass is 365 g/mol. The zero-order valence-corrected chi connectivity index (χ0v) is 15.6. The van der Waals surface area contributed by atoms with E-state index in [1.807, 2.05) is 24.3 Å². The van der Waals surface area contributed by atoms with Crippen molar-refractivity contribution in [3.8, 4) is 11.5 Å². The summed E-state index contributed by atoms with van der Waals surface area (Å²) in [6.07, 6.45) is 0. The molecular weight excluding hydrogens is 339 g/mol. The van der Waals surface area contributed by atoms with E-state index in [1.54, 1.807) is 0 Å². The van der Waals surface area contributed by atoms with Crippen LogP contribution < -0.4 is 29.7 Å². The maximum Gasteiger partial charge on any atom is 0.658 e. The molecule has 0 aromatic heterocycles. The molecule has 7 heteroatoms. The molecule has 6 nitrogen and oxygen atoms in total. The molecule has 2 saturated heterocycles. The van der Waals surface area contributed by atoms with Crippen LogP contribution in [0.3, 0.4) is 0 Å². The number of benzene rings is 2. The first-order valence-electron chi connectivity index (χ1n) is 9.65. The van der Waals surface area contributed by atoms with Crippen LogP contribution in [0.2, 0.25) is 0 Å². The van der Waals surface area contributed by atoms with E-state index in [-0.39, 0.29) is 0 Å². The van der Waals surface area contributed by atoms with Gasteiger partial charge in [0.2, 0.25) is 0 Å². The quantitative estimate of drug-likeness (QED) is 0.757. The summed E-state index contributed by atoms with van der Waals surface area (Å²) in [4.78, 5) is 4.75. The average molecular weight is 365 g/mol. The molecule has 27 heavy (non-hydrogen) atoms. The first-order chi connectivity index (χ1) is 13.4. The Morgan fingerprint density at radius 3 is 1.33 bits per heavy atom. The fourth-order valence-electron chi connectivity index (χ4n) is 3.45. The number of anilines is 2. The number of rotatable bonds is 6. The number of nitrogens with zero attached hydrogens (tertiary/aromatic N) is 2. The molecule has 2 N–H and O–H groups in total. The van der Waals surface area contributed by atoms with Crippen molar-refractivity contribution in [3.63, 3.8) is 0 Å². The van der Waals surface area contributed by atoms with E-state index in [4.69, 9.17) is 9.31 Å². The van der Waals surface area contributed by atoms with Gasteiger partial charge < -0.3 is 29.7 Å². The van der Waals surface area contributed by atoms with Gasteiger partial charge in [0.25, 0.3) is 0 Å². The van der Waals surface area contributed by atoms with Crippen LogP contribution in [0.1, 0.15) is 0 Å². The number of piperazine rings is 2. The second-order valence-corrected chi connectivity index (χ2v) is 6.79. The zero-order chi connectivity index (χ0) is 18.3. The van der Waals surface area contributed by atoms with Crippen molar-refractivity contribution >= 4 is 19.1 Å². The van der Waals surface area contributed by atoms with Crippen molar-refractivity contribution < 1.29 is 9.31 Å². The van der Waals surface area contributed by atoms with Crippen molar-refractivity contribution in [3.05, 3.63) is 48.5 Å². The Kier molecular flexibility index (Phi) is 6.01. The van der Waals surface area contributed by atoms with Gasteiger partial charge in [-0.1, -0.05) is 0 Å². The summed E-state index contributed by atoms with van der Waals surface area (Å²) in [6.45, 7) is 8.30. The molecule has 141 valence electrons. The number of hydrogen-bond acceptors (Lipinski definition) is 6. The summed E-state index contributed by atoms with van der Waals surface area (Å²) in [6, 6.07) is 16.3. The highest BCUT2D eigenvalue weighted by Gasteiger charge is 2.12. The van der Waals surface area contributed by atoms with Crippen LogP contribution in [0.15, 0.2) is 48.5 Å². The van der Waals surface area contributed by atoms with Crippen molar-refractivity contribution in [1.82, 2.24) is 10.6 Å². The Hall–Kier alpha value is -2.38. The minimum absolute atomic E-state index is 0.770. The molecule has 0 atom stereocenters. The van der Waals surface area contributed by atoms with E-state index in [9.17, 15) is 0 Å². The molecule has 0 saturated carbocycles. The second kappa shape index (κ2) is 9.02. The molecule has 2 aliphatic rings. The van der Waals surface area contributed by atoms with Gasteiger partial charge in [-0.15, -0.1) is 0 Å². The summed E-state index contributed by atoms with van der Waals surface area (Å²) >= 11 is 0. The van der Waals surface area contributed by atoms with Crippen LogP contribution in [-0.4, -0.2) is 60.0 Å². The normalized spacial score (nSPS) is 17.5. The summed E-state index contributed by atoms with van der Waals surface area (Å²) in [7, 11) is 1.39. The molecule has 2 aromatic rings. The molecule has 2 heterocycles. The summed E-state index contributed by atoms with van der Waals surface area (Å²) in [5.41, 5.74) is 2.46. The molecule has 0 spiro atoms. The van der Waals surface area contributed by atoms with Crippen molar-refractivity contribution in [1.29, 1.82) is 0 Å². The van der Waals surface area contributed by atoms with Crippen molar-refractivity contribution in [2.45, 2.75) is 0 Å². The predicted molar refractivity (Wildman–Crippen MR) is 110 cm³/mol. The third kappa shape index (κ3) is 4.87. The molecule has 0 unspecified atom stereocenters.